The van der Waals surface area contributed by atoms with Gasteiger partial charge >= 0.3 is 0 Å². The van der Waals surface area contributed by atoms with Gasteiger partial charge in [-0.25, -0.2) is 0 Å². The zero-order valence-corrected chi connectivity index (χ0v) is 32.7. The van der Waals surface area contributed by atoms with E-state index in [1.807, 2.05) is 0 Å². The summed E-state index contributed by atoms with van der Waals surface area (Å²) in [4.78, 5) is 0. The standard InChI is InChI=1S/C17H32.C15H28.C14H26/c1-3-5-15-8-12-17(13-9-15)16-10-6-14(4-2)7-11-16;1-3-13-6-10-15(11-7-13)14-8-4-12(2)5-9-14;1-11-3-7-13(8-4-11)14-9-5-12(2)6-10-14/h14-17H,3-13H2,1-2H3;12-15H,3-11H2,1-2H3;11-14H,3-10H2,1-2H3. The highest BCUT2D eigenvalue weighted by molar-refractivity contribution is 4.83. The van der Waals surface area contributed by atoms with E-state index in [4.69, 9.17) is 0 Å². The molecule has 6 fully saturated rings. The predicted octanol–water partition coefficient (Wildman–Crippen LogP) is 15.5. The SMILES string of the molecule is CC1CCC(C2CCC(C)CC2)CC1.CCC1CCC(C2CCC(C)CC2)CC1.CCCC1CCC(C2CCC(CC)CC2)CC1. The first-order valence-electron chi connectivity index (χ1n) is 22.4. The fourth-order valence-electron chi connectivity index (χ4n) is 11.8. The highest BCUT2D eigenvalue weighted by atomic mass is 14.4. The van der Waals surface area contributed by atoms with E-state index in [1.54, 1.807) is 89.9 Å². The Kier molecular flexibility index (Phi) is 17.9. The fourth-order valence-corrected chi connectivity index (χ4v) is 11.8. The first-order valence-corrected chi connectivity index (χ1v) is 22.4. The molecule has 0 aromatic heterocycles. The third-order valence-corrected chi connectivity index (χ3v) is 15.7. The molecule has 0 aromatic rings. The molecule has 0 heteroatoms. The van der Waals surface area contributed by atoms with Crippen LogP contribution in [0, 0.1) is 71.0 Å². The summed E-state index contributed by atoms with van der Waals surface area (Å²) < 4.78 is 0. The van der Waals surface area contributed by atoms with Crippen molar-refractivity contribution in [2.45, 2.75) is 221 Å². The van der Waals surface area contributed by atoms with Crippen LogP contribution in [0.2, 0.25) is 0 Å². The summed E-state index contributed by atoms with van der Waals surface area (Å²) in [6, 6.07) is 0. The van der Waals surface area contributed by atoms with E-state index in [1.165, 1.54) is 89.9 Å². The van der Waals surface area contributed by atoms with Crippen molar-refractivity contribution in [3.63, 3.8) is 0 Å². The molecule has 6 aliphatic carbocycles. The van der Waals surface area contributed by atoms with Gasteiger partial charge in [-0.05, 0) is 148 Å². The molecule has 46 heavy (non-hydrogen) atoms. The van der Waals surface area contributed by atoms with Crippen molar-refractivity contribution in [2.75, 3.05) is 0 Å². The van der Waals surface area contributed by atoms with E-state index in [0.29, 0.717) is 0 Å². The molecule has 0 nitrogen and oxygen atoms in total. The maximum atomic E-state index is 2.43. The van der Waals surface area contributed by atoms with Crippen molar-refractivity contribution in [2.24, 2.45) is 71.0 Å². The van der Waals surface area contributed by atoms with Gasteiger partial charge in [-0.15, -0.1) is 0 Å². The Bertz CT molecular complexity index is 700. The lowest BCUT2D eigenvalue weighted by Crippen LogP contribution is -2.25. The summed E-state index contributed by atoms with van der Waals surface area (Å²) in [5, 5.41) is 0. The summed E-state index contributed by atoms with van der Waals surface area (Å²) in [5.74, 6) is 13.0. The summed E-state index contributed by atoms with van der Waals surface area (Å²) in [5.41, 5.74) is 0. The molecular formula is C46H86. The van der Waals surface area contributed by atoms with Crippen molar-refractivity contribution in [3.05, 3.63) is 0 Å². The van der Waals surface area contributed by atoms with Crippen LogP contribution in [0.15, 0.2) is 0 Å². The van der Waals surface area contributed by atoms with Gasteiger partial charge in [0.15, 0.2) is 0 Å². The summed E-state index contributed by atoms with van der Waals surface area (Å²) in [6.45, 7) is 14.4. The fraction of sp³-hybridized carbons (Fsp3) is 1.00. The van der Waals surface area contributed by atoms with E-state index in [-0.39, 0.29) is 0 Å². The van der Waals surface area contributed by atoms with E-state index < -0.39 is 0 Å². The summed E-state index contributed by atoms with van der Waals surface area (Å²) >= 11 is 0. The Morgan fingerprint density at radius 1 is 0.283 bits per heavy atom. The predicted molar refractivity (Wildman–Crippen MR) is 205 cm³/mol. The number of rotatable bonds is 7. The zero-order chi connectivity index (χ0) is 32.7. The Hall–Kier alpha value is 0. The van der Waals surface area contributed by atoms with E-state index in [2.05, 4.69) is 41.5 Å². The average molecular weight is 639 g/mol. The first kappa shape index (κ1) is 38.8. The second kappa shape index (κ2) is 21.3. The molecule has 0 amide bonds. The minimum absolute atomic E-state index is 1.02. The molecule has 0 heterocycles. The highest BCUT2D eigenvalue weighted by Gasteiger charge is 2.31. The van der Waals surface area contributed by atoms with E-state index in [9.17, 15) is 0 Å². The van der Waals surface area contributed by atoms with Gasteiger partial charge in [-0.2, -0.15) is 0 Å². The second-order valence-electron chi connectivity index (χ2n) is 19.0. The molecule has 0 aromatic carbocycles. The van der Waals surface area contributed by atoms with Gasteiger partial charge in [0.1, 0.15) is 0 Å². The first-order chi connectivity index (χ1) is 22.4. The molecule has 6 aliphatic rings. The number of hydrogen-bond acceptors (Lipinski definition) is 0. The normalized spacial score (nSPS) is 42.1. The third kappa shape index (κ3) is 13.0. The van der Waals surface area contributed by atoms with Crippen LogP contribution in [0.1, 0.15) is 221 Å². The van der Waals surface area contributed by atoms with Gasteiger partial charge in [0.25, 0.3) is 0 Å². The van der Waals surface area contributed by atoms with Crippen LogP contribution >= 0.6 is 0 Å². The van der Waals surface area contributed by atoms with Crippen molar-refractivity contribution in [1.82, 2.24) is 0 Å². The Morgan fingerprint density at radius 3 is 0.717 bits per heavy atom. The van der Waals surface area contributed by atoms with Crippen molar-refractivity contribution in [3.8, 4) is 0 Å². The number of hydrogen-bond donors (Lipinski definition) is 0. The molecule has 0 saturated heterocycles. The molecule has 6 rings (SSSR count). The molecule has 0 bridgehead atoms. The molecule has 0 spiro atoms. The van der Waals surface area contributed by atoms with Crippen LogP contribution in [-0.4, -0.2) is 0 Å². The maximum absolute atomic E-state index is 2.43. The Labute approximate surface area is 291 Å². The molecule has 0 aliphatic heterocycles. The topological polar surface area (TPSA) is 0 Å². The lowest BCUT2D eigenvalue weighted by atomic mass is 9.68. The van der Waals surface area contributed by atoms with Gasteiger partial charge in [-0.1, -0.05) is 144 Å². The lowest BCUT2D eigenvalue weighted by Gasteiger charge is -2.37. The molecular weight excluding hydrogens is 553 g/mol. The minimum Gasteiger partial charge on any atom is -0.0654 e. The lowest BCUT2D eigenvalue weighted by molar-refractivity contribution is 0.142. The maximum Gasteiger partial charge on any atom is -0.0386 e. The Balaban J connectivity index is 0.000000157. The van der Waals surface area contributed by atoms with Crippen LogP contribution in [-0.2, 0) is 0 Å². The summed E-state index contributed by atoms with van der Waals surface area (Å²) in [6.07, 6.45) is 42.7. The van der Waals surface area contributed by atoms with Crippen LogP contribution in [0.5, 0.6) is 0 Å². The monoisotopic (exact) mass is 639 g/mol. The van der Waals surface area contributed by atoms with Crippen molar-refractivity contribution >= 4 is 0 Å². The Morgan fingerprint density at radius 2 is 0.500 bits per heavy atom. The average Bonchev–Trinajstić information content (AvgIpc) is 3.11. The van der Waals surface area contributed by atoms with Gasteiger partial charge in [0, 0.05) is 0 Å². The van der Waals surface area contributed by atoms with Crippen LogP contribution in [0.25, 0.3) is 0 Å². The second-order valence-corrected chi connectivity index (χ2v) is 19.0. The molecule has 0 N–H and O–H groups in total. The van der Waals surface area contributed by atoms with Crippen LogP contribution in [0.4, 0.5) is 0 Å². The van der Waals surface area contributed by atoms with Crippen LogP contribution < -0.4 is 0 Å². The molecule has 0 unspecified atom stereocenters. The smallest absolute Gasteiger partial charge is 0.0386 e. The molecule has 270 valence electrons. The van der Waals surface area contributed by atoms with Crippen molar-refractivity contribution in [1.29, 1.82) is 0 Å². The molecule has 6 saturated carbocycles. The molecule has 0 radical (unpaired) electrons. The van der Waals surface area contributed by atoms with E-state index in [0.717, 1.165) is 71.0 Å². The largest absolute Gasteiger partial charge is 0.0654 e. The van der Waals surface area contributed by atoms with Crippen LogP contribution in [0.3, 0.4) is 0 Å². The third-order valence-electron chi connectivity index (χ3n) is 15.7. The zero-order valence-electron chi connectivity index (χ0n) is 32.7. The molecule has 0 atom stereocenters. The summed E-state index contributed by atoms with van der Waals surface area (Å²) in [7, 11) is 0. The quantitative estimate of drug-likeness (QED) is 0.260. The highest BCUT2D eigenvalue weighted by Crippen LogP contribution is 2.44. The van der Waals surface area contributed by atoms with Gasteiger partial charge in [0.05, 0.1) is 0 Å². The van der Waals surface area contributed by atoms with E-state index >= 15 is 0 Å². The van der Waals surface area contributed by atoms with Gasteiger partial charge in [0.2, 0.25) is 0 Å². The minimum atomic E-state index is 1.02. The van der Waals surface area contributed by atoms with Crippen molar-refractivity contribution < 1.29 is 0 Å². The van der Waals surface area contributed by atoms with Gasteiger partial charge < -0.3 is 0 Å². The van der Waals surface area contributed by atoms with Gasteiger partial charge in [-0.3, -0.25) is 0 Å².